The number of carbonyl (C=O) groups is 1. The molecular formula is C21H25N5O4S. The van der Waals surface area contributed by atoms with Crippen LogP contribution < -0.4 is 5.32 Å². The Morgan fingerprint density at radius 3 is 2.97 bits per heavy atom. The van der Waals surface area contributed by atoms with E-state index < -0.39 is 0 Å². The van der Waals surface area contributed by atoms with Gasteiger partial charge in [-0.25, -0.2) is 9.97 Å². The smallest absolute Gasteiger partial charge is 0.254 e. The lowest BCUT2D eigenvalue weighted by molar-refractivity contribution is -0.0855. The highest BCUT2D eigenvalue weighted by atomic mass is 32.1. The van der Waals surface area contributed by atoms with Gasteiger partial charge in [-0.1, -0.05) is 0 Å². The van der Waals surface area contributed by atoms with E-state index in [0.29, 0.717) is 43.6 Å². The van der Waals surface area contributed by atoms with Gasteiger partial charge in [0.15, 0.2) is 0 Å². The fourth-order valence-corrected chi connectivity index (χ4v) is 4.39. The molecule has 1 aliphatic rings. The van der Waals surface area contributed by atoms with Crippen molar-refractivity contribution in [2.75, 3.05) is 33.5 Å². The number of amides is 1. The summed E-state index contributed by atoms with van der Waals surface area (Å²) in [6.07, 6.45) is 3.05. The molecule has 1 N–H and O–H groups in total. The van der Waals surface area contributed by atoms with Crippen LogP contribution in [0.25, 0.3) is 17.2 Å². The quantitative estimate of drug-likeness (QED) is 0.598. The summed E-state index contributed by atoms with van der Waals surface area (Å²) in [6, 6.07) is 3.98. The Hall–Kier alpha value is -2.66. The van der Waals surface area contributed by atoms with Crippen LogP contribution in [0.15, 0.2) is 24.5 Å². The zero-order chi connectivity index (χ0) is 21.8. The number of hydrogen-bond acceptors (Lipinski definition) is 8. The number of ether oxygens (including phenoxy) is 3. The Kier molecular flexibility index (Phi) is 6.71. The van der Waals surface area contributed by atoms with Crippen molar-refractivity contribution < 1.29 is 19.0 Å². The molecule has 0 spiro atoms. The second-order valence-electron chi connectivity index (χ2n) is 7.20. The largest absolute Gasteiger partial charge is 0.378 e. The molecule has 164 valence electrons. The van der Waals surface area contributed by atoms with Gasteiger partial charge in [-0.3, -0.25) is 4.79 Å². The van der Waals surface area contributed by atoms with Gasteiger partial charge in [-0.05, 0) is 26.0 Å². The van der Waals surface area contributed by atoms with E-state index in [9.17, 15) is 4.79 Å². The molecule has 1 amide bonds. The summed E-state index contributed by atoms with van der Waals surface area (Å²) >= 11 is 1.73. The topological polar surface area (TPSA) is 100 Å². The fraction of sp³-hybridized carbons (Fsp3) is 0.429. The third-order valence-electron chi connectivity index (χ3n) is 4.92. The molecule has 4 rings (SSSR count). The zero-order valence-electron chi connectivity index (χ0n) is 17.8. The molecule has 3 aromatic rings. The van der Waals surface area contributed by atoms with Gasteiger partial charge in [0.25, 0.3) is 11.9 Å². The van der Waals surface area contributed by atoms with Crippen LogP contribution in [-0.4, -0.2) is 65.2 Å². The van der Waals surface area contributed by atoms with Crippen LogP contribution >= 0.6 is 11.3 Å². The minimum Gasteiger partial charge on any atom is -0.378 e. The highest BCUT2D eigenvalue weighted by molar-refractivity contribution is 7.12. The summed E-state index contributed by atoms with van der Waals surface area (Å²) in [7, 11) is 1.57. The Balaban J connectivity index is 1.59. The van der Waals surface area contributed by atoms with Gasteiger partial charge in [0.1, 0.15) is 0 Å². The molecule has 10 heteroatoms. The predicted molar refractivity (Wildman–Crippen MR) is 116 cm³/mol. The lowest BCUT2D eigenvalue weighted by atomic mass is 10.2. The Labute approximate surface area is 184 Å². The van der Waals surface area contributed by atoms with Crippen LogP contribution in [0.5, 0.6) is 0 Å². The van der Waals surface area contributed by atoms with Crippen molar-refractivity contribution in [2.24, 2.45) is 0 Å². The molecule has 1 fully saturated rings. The number of aromatic nitrogens is 4. The second kappa shape index (κ2) is 9.65. The van der Waals surface area contributed by atoms with Gasteiger partial charge in [-0.2, -0.15) is 9.78 Å². The van der Waals surface area contributed by atoms with Crippen LogP contribution in [0.2, 0.25) is 0 Å². The molecule has 0 unspecified atom stereocenters. The Morgan fingerprint density at radius 2 is 2.26 bits per heavy atom. The molecule has 0 saturated carbocycles. The van der Waals surface area contributed by atoms with E-state index in [-0.39, 0.29) is 18.6 Å². The normalized spacial score (nSPS) is 16.4. The average Bonchev–Trinajstić information content (AvgIpc) is 3.35. The van der Waals surface area contributed by atoms with Crippen LogP contribution in [0.3, 0.4) is 0 Å². The molecule has 3 aromatic heterocycles. The van der Waals surface area contributed by atoms with Crippen LogP contribution in [0.4, 0.5) is 0 Å². The number of hydrogen-bond donors (Lipinski definition) is 1. The maximum atomic E-state index is 12.8. The number of rotatable bonds is 7. The van der Waals surface area contributed by atoms with E-state index >= 15 is 0 Å². The van der Waals surface area contributed by atoms with E-state index in [0.717, 1.165) is 11.3 Å². The maximum Gasteiger partial charge on any atom is 0.254 e. The van der Waals surface area contributed by atoms with Crippen LogP contribution in [-0.2, 0) is 20.8 Å². The minimum absolute atomic E-state index is 0.157. The van der Waals surface area contributed by atoms with Crippen molar-refractivity contribution >= 4 is 17.2 Å². The van der Waals surface area contributed by atoms with Gasteiger partial charge in [0.2, 0.25) is 0 Å². The summed E-state index contributed by atoms with van der Waals surface area (Å²) < 4.78 is 17.8. The molecule has 0 bridgehead atoms. The van der Waals surface area contributed by atoms with Gasteiger partial charge >= 0.3 is 0 Å². The monoisotopic (exact) mass is 443 g/mol. The third kappa shape index (κ3) is 4.82. The standard InChI is InChI=1S/C21H25N5O4S/c1-13-8-16(14(2)31-13)18-4-5-22-21(25-18)26-19(12-28-3)17(10-24-26)20(27)23-9-15-11-29-6-7-30-15/h4-5,8,10,15H,6-7,9,11-12H2,1-3H3,(H,23,27)/t15-/m0/s1. The SMILES string of the molecule is COCc1c(C(=O)NC[C@H]2COCCO2)cnn1-c1nccc(-c2cc(C)sc2C)n1. The van der Waals surface area contributed by atoms with Crippen LogP contribution in [0, 0.1) is 13.8 Å². The van der Waals surface area contributed by atoms with Gasteiger partial charge in [0.05, 0.1) is 55.7 Å². The van der Waals surface area contributed by atoms with E-state index in [1.807, 2.05) is 6.07 Å². The maximum absolute atomic E-state index is 12.8. The first kappa shape index (κ1) is 21.6. The van der Waals surface area contributed by atoms with Gasteiger partial charge in [0, 0.05) is 35.2 Å². The van der Waals surface area contributed by atoms with Gasteiger partial charge < -0.3 is 19.5 Å². The van der Waals surface area contributed by atoms with E-state index in [2.05, 4.69) is 35.3 Å². The summed E-state index contributed by atoms with van der Waals surface area (Å²) in [5, 5.41) is 7.27. The highest BCUT2D eigenvalue weighted by Gasteiger charge is 2.22. The zero-order valence-corrected chi connectivity index (χ0v) is 18.6. The molecule has 0 aromatic carbocycles. The first-order valence-electron chi connectivity index (χ1n) is 10.0. The van der Waals surface area contributed by atoms with Gasteiger partial charge in [-0.15, -0.1) is 11.3 Å². The van der Waals surface area contributed by atoms with Crippen molar-refractivity contribution in [3.05, 3.63) is 45.5 Å². The molecule has 1 aliphatic heterocycles. The summed E-state index contributed by atoms with van der Waals surface area (Å²) in [5.74, 6) is 0.129. The molecular weight excluding hydrogens is 418 g/mol. The molecule has 9 nitrogen and oxygen atoms in total. The molecule has 0 radical (unpaired) electrons. The number of aryl methyl sites for hydroxylation is 2. The fourth-order valence-electron chi connectivity index (χ4n) is 3.45. The average molecular weight is 444 g/mol. The second-order valence-corrected chi connectivity index (χ2v) is 8.66. The number of nitrogens with one attached hydrogen (secondary N) is 1. The Bertz CT molecular complexity index is 1060. The predicted octanol–water partition coefficient (Wildman–Crippen LogP) is 2.30. The van der Waals surface area contributed by atoms with Crippen molar-refractivity contribution in [3.8, 4) is 17.2 Å². The number of methoxy groups -OCH3 is 1. The molecule has 1 saturated heterocycles. The Morgan fingerprint density at radius 1 is 1.39 bits per heavy atom. The molecule has 1 atom stereocenters. The molecule has 0 aliphatic carbocycles. The molecule has 31 heavy (non-hydrogen) atoms. The first-order valence-corrected chi connectivity index (χ1v) is 10.8. The number of carbonyl (C=O) groups excluding carboxylic acids is 1. The van der Waals surface area contributed by atoms with Crippen molar-refractivity contribution in [3.63, 3.8) is 0 Å². The first-order chi connectivity index (χ1) is 15.1. The number of nitrogens with zero attached hydrogens (tertiary/aromatic N) is 4. The summed E-state index contributed by atoms with van der Waals surface area (Å²) in [6.45, 7) is 6.27. The van der Waals surface area contributed by atoms with E-state index in [1.165, 1.54) is 16.0 Å². The van der Waals surface area contributed by atoms with Crippen molar-refractivity contribution in [1.82, 2.24) is 25.1 Å². The highest BCUT2D eigenvalue weighted by Crippen LogP contribution is 2.29. The number of thiophene rings is 1. The van der Waals surface area contributed by atoms with Crippen molar-refractivity contribution in [2.45, 2.75) is 26.6 Å². The van der Waals surface area contributed by atoms with Crippen molar-refractivity contribution in [1.29, 1.82) is 0 Å². The van der Waals surface area contributed by atoms with E-state index in [4.69, 9.17) is 19.2 Å². The summed E-state index contributed by atoms with van der Waals surface area (Å²) in [5.41, 5.74) is 2.87. The van der Waals surface area contributed by atoms with E-state index in [1.54, 1.807) is 29.3 Å². The minimum atomic E-state index is -0.257. The lowest BCUT2D eigenvalue weighted by Gasteiger charge is -2.23. The molecule has 4 heterocycles. The summed E-state index contributed by atoms with van der Waals surface area (Å²) in [4.78, 5) is 24.3. The van der Waals surface area contributed by atoms with Crippen LogP contribution in [0.1, 0.15) is 25.8 Å². The third-order valence-corrected chi connectivity index (χ3v) is 5.88. The lowest BCUT2D eigenvalue weighted by Crippen LogP contribution is -2.39.